The zero-order chi connectivity index (χ0) is 11.8. The fraction of sp³-hybridized carbons (Fsp3) is 0.143. The van der Waals surface area contributed by atoms with Crippen molar-refractivity contribution < 1.29 is 12.9 Å². The van der Waals surface area contributed by atoms with Gasteiger partial charge >= 0.3 is 0 Å². The molecule has 0 aromatic carbocycles. The van der Waals surface area contributed by atoms with Gasteiger partial charge < -0.3 is 10.3 Å². The van der Waals surface area contributed by atoms with Crippen LogP contribution >= 0.6 is 0 Å². The molecule has 0 unspecified atom stereocenters. The Balaban J connectivity index is 2.36. The van der Waals surface area contributed by atoms with Crippen LogP contribution in [-0.2, 0) is 17.1 Å². The molecular formula is C7H9N5O3S. The SMILES string of the molecule is Cn1cc(S(=O)(=O)Nc2cnoc2)c(N)n1. The molecule has 8 nitrogen and oxygen atoms in total. The molecule has 16 heavy (non-hydrogen) atoms. The van der Waals surface area contributed by atoms with Gasteiger partial charge in [0.1, 0.15) is 16.8 Å². The highest BCUT2D eigenvalue weighted by Gasteiger charge is 2.21. The fourth-order valence-electron chi connectivity index (χ4n) is 1.16. The number of sulfonamides is 1. The summed E-state index contributed by atoms with van der Waals surface area (Å²) >= 11 is 0. The second kappa shape index (κ2) is 3.52. The summed E-state index contributed by atoms with van der Waals surface area (Å²) in [6.07, 6.45) is 3.72. The molecule has 0 aliphatic heterocycles. The molecule has 0 spiro atoms. The molecule has 0 saturated heterocycles. The maximum Gasteiger partial charge on any atom is 0.267 e. The summed E-state index contributed by atoms with van der Waals surface area (Å²) in [5.74, 6) is -0.0635. The highest BCUT2D eigenvalue weighted by molar-refractivity contribution is 7.92. The Hall–Kier alpha value is -2.03. The lowest BCUT2D eigenvalue weighted by Gasteiger charge is -2.02. The van der Waals surface area contributed by atoms with Crippen LogP contribution < -0.4 is 10.5 Å². The van der Waals surface area contributed by atoms with Gasteiger partial charge in [0.25, 0.3) is 10.0 Å². The van der Waals surface area contributed by atoms with Crippen molar-refractivity contribution in [3.05, 3.63) is 18.7 Å². The van der Waals surface area contributed by atoms with Gasteiger partial charge in [-0.25, -0.2) is 8.42 Å². The second-order valence-electron chi connectivity index (χ2n) is 3.07. The molecule has 2 aromatic rings. The summed E-state index contributed by atoms with van der Waals surface area (Å²) in [7, 11) is -2.17. The lowest BCUT2D eigenvalue weighted by atomic mass is 10.6. The second-order valence-corrected chi connectivity index (χ2v) is 4.72. The van der Waals surface area contributed by atoms with Crippen molar-refractivity contribution in [2.75, 3.05) is 10.5 Å². The van der Waals surface area contributed by atoms with E-state index in [0.29, 0.717) is 0 Å². The Bertz CT molecular complexity index is 586. The van der Waals surface area contributed by atoms with E-state index in [1.165, 1.54) is 23.3 Å². The highest BCUT2D eigenvalue weighted by Crippen LogP contribution is 2.19. The number of hydrogen-bond acceptors (Lipinski definition) is 6. The van der Waals surface area contributed by atoms with E-state index in [1.807, 2.05) is 0 Å². The number of nitrogens with two attached hydrogens (primary N) is 1. The topological polar surface area (TPSA) is 116 Å². The average Bonchev–Trinajstić information content (AvgIpc) is 2.75. The van der Waals surface area contributed by atoms with Crippen LogP contribution in [0.2, 0.25) is 0 Å². The summed E-state index contributed by atoms with van der Waals surface area (Å²) in [5.41, 5.74) is 5.69. The van der Waals surface area contributed by atoms with Gasteiger partial charge in [0.2, 0.25) is 0 Å². The summed E-state index contributed by atoms with van der Waals surface area (Å²) in [6, 6.07) is 0. The smallest absolute Gasteiger partial charge is 0.267 e. The zero-order valence-corrected chi connectivity index (χ0v) is 9.10. The van der Waals surface area contributed by atoms with E-state index in [1.54, 1.807) is 7.05 Å². The number of aryl methyl sites for hydroxylation is 1. The zero-order valence-electron chi connectivity index (χ0n) is 8.28. The number of nitrogens with one attached hydrogen (secondary N) is 1. The van der Waals surface area contributed by atoms with Gasteiger partial charge in [-0.3, -0.25) is 9.40 Å². The fourth-order valence-corrected chi connectivity index (χ4v) is 2.28. The van der Waals surface area contributed by atoms with Gasteiger partial charge in [-0.2, -0.15) is 5.10 Å². The standard InChI is InChI=1S/C7H9N5O3S/c1-12-3-6(7(8)10-12)16(13,14)11-5-2-9-15-4-5/h2-4,11H,1H3,(H2,8,10). The van der Waals surface area contributed by atoms with Crippen molar-refractivity contribution in [3.8, 4) is 0 Å². The van der Waals surface area contributed by atoms with Gasteiger partial charge in [0.05, 0.1) is 6.20 Å². The maximum atomic E-state index is 11.8. The van der Waals surface area contributed by atoms with Gasteiger partial charge in [-0.1, -0.05) is 5.16 Å². The third-order valence-electron chi connectivity index (χ3n) is 1.80. The lowest BCUT2D eigenvalue weighted by molar-refractivity contribution is 0.420. The Morgan fingerprint density at radius 2 is 2.31 bits per heavy atom. The molecule has 0 aliphatic carbocycles. The molecule has 0 amide bonds. The normalized spacial score (nSPS) is 11.6. The van der Waals surface area contributed by atoms with Crippen LogP contribution in [0.1, 0.15) is 0 Å². The van der Waals surface area contributed by atoms with Gasteiger partial charge in [0, 0.05) is 13.2 Å². The Morgan fingerprint density at radius 3 is 2.81 bits per heavy atom. The van der Waals surface area contributed by atoms with Gasteiger partial charge in [-0.05, 0) is 0 Å². The summed E-state index contributed by atoms with van der Waals surface area (Å²) in [5, 5.41) is 7.12. The average molecular weight is 243 g/mol. The number of aromatic nitrogens is 3. The molecule has 0 saturated carbocycles. The predicted octanol–water partition coefficient (Wildman–Crippen LogP) is -0.209. The third-order valence-corrected chi connectivity index (χ3v) is 3.19. The maximum absolute atomic E-state index is 11.8. The minimum Gasteiger partial charge on any atom is -0.381 e. The van der Waals surface area contributed by atoms with E-state index in [-0.39, 0.29) is 16.4 Å². The molecule has 9 heteroatoms. The Morgan fingerprint density at radius 1 is 1.56 bits per heavy atom. The van der Waals surface area contributed by atoms with E-state index in [9.17, 15) is 8.42 Å². The minimum absolute atomic E-state index is 0.0635. The van der Waals surface area contributed by atoms with Crippen molar-refractivity contribution in [1.29, 1.82) is 0 Å². The molecule has 86 valence electrons. The molecular weight excluding hydrogens is 234 g/mol. The van der Waals surface area contributed by atoms with Crippen molar-refractivity contribution in [1.82, 2.24) is 14.9 Å². The summed E-state index contributed by atoms with van der Waals surface area (Å²) < 4.78 is 31.7. The monoisotopic (exact) mass is 243 g/mol. The first-order chi connectivity index (χ1) is 7.49. The molecule has 0 atom stereocenters. The molecule has 0 aliphatic rings. The molecule has 0 radical (unpaired) electrons. The molecule has 0 fully saturated rings. The van der Waals surface area contributed by atoms with E-state index in [2.05, 4.69) is 19.5 Å². The van der Waals surface area contributed by atoms with Crippen LogP contribution in [0.15, 0.2) is 28.1 Å². The molecule has 3 N–H and O–H groups in total. The summed E-state index contributed by atoms with van der Waals surface area (Å²) in [4.78, 5) is -0.0869. The van der Waals surface area contributed by atoms with E-state index >= 15 is 0 Å². The number of nitrogen functional groups attached to an aromatic ring is 1. The van der Waals surface area contributed by atoms with Crippen molar-refractivity contribution in [3.63, 3.8) is 0 Å². The number of nitrogens with zero attached hydrogens (tertiary/aromatic N) is 3. The first-order valence-corrected chi connectivity index (χ1v) is 5.68. The number of anilines is 2. The van der Waals surface area contributed by atoms with E-state index in [0.717, 1.165) is 0 Å². The lowest BCUT2D eigenvalue weighted by Crippen LogP contribution is -2.13. The van der Waals surface area contributed by atoms with Gasteiger partial charge in [0.15, 0.2) is 5.82 Å². The van der Waals surface area contributed by atoms with Crippen molar-refractivity contribution in [2.45, 2.75) is 4.90 Å². The van der Waals surface area contributed by atoms with E-state index in [4.69, 9.17) is 5.73 Å². The van der Waals surface area contributed by atoms with Crippen LogP contribution in [0.4, 0.5) is 11.5 Å². The highest BCUT2D eigenvalue weighted by atomic mass is 32.2. The third kappa shape index (κ3) is 1.84. The molecule has 2 aromatic heterocycles. The quantitative estimate of drug-likeness (QED) is 0.770. The first kappa shape index (κ1) is 10.5. The Kier molecular flexibility index (Phi) is 2.31. The number of hydrogen-bond donors (Lipinski definition) is 2. The minimum atomic E-state index is -3.75. The summed E-state index contributed by atoms with van der Waals surface area (Å²) in [6.45, 7) is 0. The van der Waals surface area contributed by atoms with Crippen LogP contribution in [0.3, 0.4) is 0 Å². The molecule has 0 bridgehead atoms. The van der Waals surface area contributed by atoms with E-state index < -0.39 is 10.0 Å². The molecule has 2 rings (SSSR count). The largest absolute Gasteiger partial charge is 0.381 e. The van der Waals surface area contributed by atoms with Crippen LogP contribution in [0.5, 0.6) is 0 Å². The first-order valence-electron chi connectivity index (χ1n) is 4.20. The Labute approximate surface area is 91.1 Å². The van der Waals surface area contributed by atoms with Crippen LogP contribution in [0, 0.1) is 0 Å². The van der Waals surface area contributed by atoms with Gasteiger partial charge in [-0.15, -0.1) is 0 Å². The van der Waals surface area contributed by atoms with Crippen molar-refractivity contribution in [2.24, 2.45) is 7.05 Å². The van der Waals surface area contributed by atoms with Crippen molar-refractivity contribution >= 4 is 21.5 Å². The van der Waals surface area contributed by atoms with Crippen LogP contribution in [0.25, 0.3) is 0 Å². The number of rotatable bonds is 3. The predicted molar refractivity (Wildman–Crippen MR) is 54.9 cm³/mol. The molecule has 2 heterocycles. The van der Waals surface area contributed by atoms with Crippen LogP contribution in [-0.4, -0.2) is 23.4 Å².